The fraction of sp³-hybridized carbons (Fsp3) is 0.407. The highest BCUT2D eigenvalue weighted by molar-refractivity contribution is 5.85. The van der Waals surface area contributed by atoms with Gasteiger partial charge in [-0.3, -0.25) is 9.69 Å². The van der Waals surface area contributed by atoms with Crippen molar-refractivity contribution >= 4 is 22.8 Å². The minimum absolute atomic E-state index is 0.242. The summed E-state index contributed by atoms with van der Waals surface area (Å²) in [5.74, 6) is 0.251. The number of ether oxygens (including phenoxy) is 4. The maximum absolute atomic E-state index is 13.0. The SMILES string of the molecule is COC[C@H](C)OC(=O)[C@H](C#N)c1nc2ccccc2nc1N1CCN(Cc2ccc3c(c2)OCO3)CC1. The number of hydrogen-bond donors (Lipinski definition) is 0. The number of para-hydroxylation sites is 2. The van der Waals surface area contributed by atoms with Gasteiger partial charge in [0.2, 0.25) is 6.79 Å². The number of esters is 1. The number of carbonyl (C=O) groups is 1. The molecule has 2 atom stereocenters. The van der Waals surface area contributed by atoms with Crippen molar-refractivity contribution in [3.8, 4) is 17.6 Å². The number of benzene rings is 2. The molecule has 192 valence electrons. The number of fused-ring (bicyclic) bond motifs is 2. The van der Waals surface area contributed by atoms with Crippen LogP contribution in [0.5, 0.6) is 11.5 Å². The van der Waals surface area contributed by atoms with E-state index < -0.39 is 18.0 Å². The first-order valence-corrected chi connectivity index (χ1v) is 12.3. The normalized spacial score (nSPS) is 16.8. The van der Waals surface area contributed by atoms with Crippen LogP contribution < -0.4 is 14.4 Å². The molecule has 1 fully saturated rings. The summed E-state index contributed by atoms with van der Waals surface area (Å²) < 4.78 is 21.4. The van der Waals surface area contributed by atoms with Gasteiger partial charge in [0.05, 0.1) is 23.7 Å². The molecule has 10 heteroatoms. The van der Waals surface area contributed by atoms with Crippen LogP contribution in [0.25, 0.3) is 11.0 Å². The molecular formula is C27H29N5O5. The summed E-state index contributed by atoms with van der Waals surface area (Å²) in [5.41, 5.74) is 2.81. The van der Waals surface area contributed by atoms with Crippen LogP contribution in [0.1, 0.15) is 24.1 Å². The van der Waals surface area contributed by atoms with Crippen LogP contribution in [0.2, 0.25) is 0 Å². The average molecular weight is 504 g/mol. The molecule has 3 heterocycles. The van der Waals surface area contributed by atoms with Crippen molar-refractivity contribution in [3.05, 3.63) is 53.7 Å². The van der Waals surface area contributed by atoms with Gasteiger partial charge in [0, 0.05) is 39.8 Å². The van der Waals surface area contributed by atoms with Crippen molar-refractivity contribution in [2.45, 2.75) is 25.5 Å². The van der Waals surface area contributed by atoms with Crippen LogP contribution in [0.4, 0.5) is 5.82 Å². The monoisotopic (exact) mass is 503 g/mol. The van der Waals surface area contributed by atoms with Gasteiger partial charge in [-0.2, -0.15) is 5.26 Å². The van der Waals surface area contributed by atoms with E-state index in [-0.39, 0.29) is 13.4 Å². The maximum atomic E-state index is 13.0. The lowest BCUT2D eigenvalue weighted by Crippen LogP contribution is -2.46. The molecule has 2 aliphatic rings. The zero-order chi connectivity index (χ0) is 25.8. The van der Waals surface area contributed by atoms with E-state index in [1.165, 1.54) is 7.11 Å². The first kappa shape index (κ1) is 24.7. The number of hydrogen-bond acceptors (Lipinski definition) is 10. The van der Waals surface area contributed by atoms with E-state index in [2.05, 4.69) is 21.9 Å². The molecule has 3 aromatic rings. The summed E-state index contributed by atoms with van der Waals surface area (Å²) in [6, 6.07) is 15.6. The molecule has 1 saturated heterocycles. The van der Waals surface area contributed by atoms with Crippen molar-refractivity contribution in [2.24, 2.45) is 0 Å². The highest BCUT2D eigenvalue weighted by atomic mass is 16.7. The Morgan fingerprint density at radius 1 is 1.08 bits per heavy atom. The van der Waals surface area contributed by atoms with Gasteiger partial charge in [-0.1, -0.05) is 18.2 Å². The average Bonchev–Trinajstić information content (AvgIpc) is 3.37. The molecule has 0 unspecified atom stereocenters. The number of nitriles is 1. The molecule has 0 aliphatic carbocycles. The molecule has 0 radical (unpaired) electrons. The summed E-state index contributed by atoms with van der Waals surface area (Å²) in [6.07, 6.45) is -0.482. The van der Waals surface area contributed by atoms with Crippen molar-refractivity contribution in [1.82, 2.24) is 14.9 Å². The van der Waals surface area contributed by atoms with Gasteiger partial charge in [0.25, 0.3) is 0 Å². The molecule has 0 bridgehead atoms. The van der Waals surface area contributed by atoms with Gasteiger partial charge in [-0.05, 0) is 36.8 Å². The Balaban J connectivity index is 1.35. The third-order valence-corrected chi connectivity index (χ3v) is 6.45. The lowest BCUT2D eigenvalue weighted by molar-refractivity contribution is -0.150. The fourth-order valence-electron chi connectivity index (χ4n) is 4.61. The highest BCUT2D eigenvalue weighted by Crippen LogP contribution is 2.33. The molecule has 10 nitrogen and oxygen atoms in total. The first-order valence-electron chi connectivity index (χ1n) is 12.3. The summed E-state index contributed by atoms with van der Waals surface area (Å²) in [6.45, 7) is 5.94. The van der Waals surface area contributed by atoms with Crippen LogP contribution in [0.15, 0.2) is 42.5 Å². The third kappa shape index (κ3) is 5.43. The molecule has 2 aromatic carbocycles. The van der Waals surface area contributed by atoms with E-state index in [0.29, 0.717) is 35.6 Å². The summed E-state index contributed by atoms with van der Waals surface area (Å²) in [5, 5.41) is 9.96. The van der Waals surface area contributed by atoms with E-state index in [1.54, 1.807) is 6.92 Å². The number of nitrogens with zero attached hydrogens (tertiary/aromatic N) is 5. The van der Waals surface area contributed by atoms with Gasteiger partial charge in [-0.15, -0.1) is 0 Å². The van der Waals surface area contributed by atoms with Gasteiger partial charge in [-0.25, -0.2) is 9.97 Å². The minimum atomic E-state index is -1.20. The minimum Gasteiger partial charge on any atom is -0.459 e. The van der Waals surface area contributed by atoms with E-state index in [0.717, 1.165) is 36.7 Å². The molecule has 5 rings (SSSR count). The van der Waals surface area contributed by atoms with Crippen LogP contribution >= 0.6 is 0 Å². The zero-order valence-corrected chi connectivity index (χ0v) is 20.9. The Kier molecular flexibility index (Phi) is 7.35. The van der Waals surface area contributed by atoms with Crippen molar-refractivity contribution in [2.75, 3.05) is 51.6 Å². The second-order valence-corrected chi connectivity index (χ2v) is 9.14. The quantitative estimate of drug-likeness (QED) is 0.426. The zero-order valence-electron chi connectivity index (χ0n) is 20.9. The molecule has 1 aromatic heterocycles. The van der Waals surface area contributed by atoms with Crippen molar-refractivity contribution in [3.63, 3.8) is 0 Å². The Morgan fingerprint density at radius 3 is 2.54 bits per heavy atom. The van der Waals surface area contributed by atoms with Crippen LogP contribution in [-0.4, -0.2) is 73.6 Å². The topological polar surface area (TPSA) is 110 Å². The molecule has 0 saturated carbocycles. The summed E-state index contributed by atoms with van der Waals surface area (Å²) in [7, 11) is 1.53. The smallest absolute Gasteiger partial charge is 0.330 e. The van der Waals surface area contributed by atoms with E-state index in [4.69, 9.17) is 28.9 Å². The number of carbonyl (C=O) groups excluding carboxylic acids is 1. The summed E-state index contributed by atoms with van der Waals surface area (Å²) in [4.78, 5) is 27.0. The van der Waals surface area contributed by atoms with E-state index in [9.17, 15) is 10.1 Å². The first-order chi connectivity index (χ1) is 18.1. The Hall–Kier alpha value is -3.94. The lowest BCUT2D eigenvalue weighted by atomic mass is 10.1. The second kappa shape index (κ2) is 11.0. The Labute approximate surface area is 215 Å². The fourth-order valence-corrected chi connectivity index (χ4v) is 4.61. The Bertz CT molecular complexity index is 1320. The number of methoxy groups -OCH3 is 1. The number of aromatic nitrogens is 2. The molecule has 0 spiro atoms. The second-order valence-electron chi connectivity index (χ2n) is 9.14. The van der Waals surface area contributed by atoms with E-state index >= 15 is 0 Å². The number of piperazine rings is 1. The van der Waals surface area contributed by atoms with Crippen molar-refractivity contribution in [1.29, 1.82) is 5.26 Å². The maximum Gasteiger partial charge on any atom is 0.330 e. The third-order valence-electron chi connectivity index (χ3n) is 6.45. The molecular weight excluding hydrogens is 474 g/mol. The largest absolute Gasteiger partial charge is 0.459 e. The van der Waals surface area contributed by atoms with Crippen molar-refractivity contribution < 1.29 is 23.7 Å². The number of rotatable bonds is 8. The lowest BCUT2D eigenvalue weighted by Gasteiger charge is -2.36. The predicted octanol–water partition coefficient (Wildman–Crippen LogP) is 2.87. The van der Waals surface area contributed by atoms with Gasteiger partial charge >= 0.3 is 5.97 Å². The molecule has 2 aliphatic heterocycles. The van der Waals surface area contributed by atoms with Gasteiger partial charge in [0.1, 0.15) is 11.8 Å². The Morgan fingerprint density at radius 2 is 1.81 bits per heavy atom. The predicted molar refractivity (Wildman–Crippen MR) is 135 cm³/mol. The van der Waals surface area contributed by atoms with Gasteiger partial charge < -0.3 is 23.8 Å². The van der Waals surface area contributed by atoms with E-state index in [1.807, 2.05) is 36.4 Å². The molecule has 37 heavy (non-hydrogen) atoms. The molecule has 0 N–H and O–H groups in total. The standard InChI is InChI=1S/C27H29N5O5/c1-18(16-34-2)37-27(33)20(14-28)25-26(30-22-6-4-3-5-21(22)29-25)32-11-9-31(10-12-32)15-19-7-8-23-24(13-19)36-17-35-23/h3-8,13,18,20H,9-12,15-17H2,1-2H3/t18-,20+/m0/s1. The van der Waals surface area contributed by atoms with Crippen LogP contribution in [0, 0.1) is 11.3 Å². The van der Waals surface area contributed by atoms with Crippen LogP contribution in [0.3, 0.4) is 0 Å². The highest BCUT2D eigenvalue weighted by Gasteiger charge is 2.32. The molecule has 0 amide bonds. The van der Waals surface area contributed by atoms with Gasteiger partial charge in [0.15, 0.2) is 23.2 Å². The van der Waals surface area contributed by atoms with Crippen LogP contribution in [-0.2, 0) is 20.8 Å². The summed E-state index contributed by atoms with van der Waals surface area (Å²) >= 11 is 0. The number of anilines is 1.